The van der Waals surface area contributed by atoms with Crippen molar-refractivity contribution < 1.29 is 4.79 Å². The molecule has 0 saturated carbocycles. The van der Waals surface area contributed by atoms with E-state index in [9.17, 15) is 4.79 Å². The Labute approximate surface area is 160 Å². The van der Waals surface area contributed by atoms with Gasteiger partial charge in [0.25, 0.3) is 0 Å². The van der Waals surface area contributed by atoms with Gasteiger partial charge in [-0.05, 0) is 59.0 Å². The molecule has 1 amide bonds. The lowest BCUT2D eigenvalue weighted by Crippen LogP contribution is -2.42. The third-order valence-electron chi connectivity index (χ3n) is 4.95. The van der Waals surface area contributed by atoms with Crippen molar-refractivity contribution in [2.24, 2.45) is 10.9 Å². The zero-order valence-corrected chi connectivity index (χ0v) is 17.7. The second-order valence-electron chi connectivity index (χ2n) is 7.49. The maximum Gasteiger partial charge on any atom is 0.224 e. The lowest BCUT2D eigenvalue weighted by atomic mass is 10.0. The lowest BCUT2D eigenvalue weighted by Gasteiger charge is -2.28. The smallest absolute Gasteiger partial charge is 0.224 e. The van der Waals surface area contributed by atoms with Crippen molar-refractivity contribution >= 4 is 11.9 Å². The summed E-state index contributed by atoms with van der Waals surface area (Å²) in [7, 11) is 0. The molecule has 1 unspecified atom stereocenters. The van der Waals surface area contributed by atoms with Crippen molar-refractivity contribution in [1.29, 1.82) is 0 Å². The zero-order chi connectivity index (χ0) is 19.4. The van der Waals surface area contributed by atoms with Gasteiger partial charge < -0.3 is 15.5 Å². The molecule has 0 aromatic carbocycles. The zero-order valence-electron chi connectivity index (χ0n) is 17.7. The van der Waals surface area contributed by atoms with Crippen molar-refractivity contribution in [3.63, 3.8) is 0 Å². The summed E-state index contributed by atoms with van der Waals surface area (Å²) in [6, 6.07) is 0.519. The predicted molar refractivity (Wildman–Crippen MR) is 111 cm³/mol. The Morgan fingerprint density at radius 3 is 2.31 bits per heavy atom. The topological polar surface area (TPSA) is 60.0 Å². The van der Waals surface area contributed by atoms with E-state index in [1.165, 1.54) is 32.4 Å². The molecule has 0 bridgehead atoms. The van der Waals surface area contributed by atoms with Crippen molar-refractivity contribution in [2.45, 2.75) is 66.3 Å². The number of carbonyl (C=O) groups excluding carboxylic acids is 1. The molecule has 1 heterocycles. The third kappa shape index (κ3) is 8.39. The minimum absolute atomic E-state index is 0.202. The molecule has 1 saturated heterocycles. The molecule has 1 rings (SSSR count). The normalized spacial score (nSPS) is 16.8. The first-order valence-electron chi connectivity index (χ1n) is 10.6. The van der Waals surface area contributed by atoms with E-state index in [2.05, 4.69) is 36.3 Å². The highest BCUT2D eigenvalue weighted by Crippen LogP contribution is 2.18. The Bertz CT molecular complexity index is 414. The van der Waals surface area contributed by atoms with Gasteiger partial charge in [0.2, 0.25) is 5.91 Å². The van der Waals surface area contributed by atoms with Crippen molar-refractivity contribution in [2.75, 3.05) is 45.8 Å². The highest BCUT2D eigenvalue weighted by Gasteiger charge is 2.22. The Balaban J connectivity index is 2.55. The van der Waals surface area contributed by atoms with E-state index < -0.39 is 0 Å². The van der Waals surface area contributed by atoms with Gasteiger partial charge in [0.05, 0.1) is 6.54 Å². The van der Waals surface area contributed by atoms with E-state index in [0.29, 0.717) is 24.9 Å². The number of hydrogen-bond donors (Lipinski definition) is 2. The highest BCUT2D eigenvalue weighted by molar-refractivity contribution is 5.81. The Morgan fingerprint density at radius 2 is 1.77 bits per heavy atom. The molecule has 0 spiro atoms. The monoisotopic (exact) mass is 367 g/mol. The molecule has 26 heavy (non-hydrogen) atoms. The number of aliphatic imine (C=N–C) groups is 1. The summed E-state index contributed by atoms with van der Waals surface area (Å²) in [5.41, 5.74) is 0. The highest BCUT2D eigenvalue weighted by atomic mass is 16.2. The minimum atomic E-state index is 0.202. The Kier molecular flexibility index (Phi) is 11.3. The molecule has 1 fully saturated rings. The van der Waals surface area contributed by atoms with Crippen molar-refractivity contribution in [3.05, 3.63) is 0 Å². The van der Waals surface area contributed by atoms with Gasteiger partial charge in [-0.15, -0.1) is 0 Å². The van der Waals surface area contributed by atoms with Crippen LogP contribution in [0.2, 0.25) is 0 Å². The second-order valence-corrected chi connectivity index (χ2v) is 7.49. The van der Waals surface area contributed by atoms with Crippen LogP contribution in [0.15, 0.2) is 4.99 Å². The quantitative estimate of drug-likeness (QED) is 0.435. The summed E-state index contributed by atoms with van der Waals surface area (Å²) in [6.45, 7) is 16.9. The molecular weight excluding hydrogens is 326 g/mol. The summed E-state index contributed by atoms with van der Waals surface area (Å²) < 4.78 is 0. The second kappa shape index (κ2) is 13.0. The molecule has 0 radical (unpaired) electrons. The maximum absolute atomic E-state index is 12.1. The molecule has 6 heteroatoms. The van der Waals surface area contributed by atoms with E-state index in [1.54, 1.807) is 0 Å². The number of nitrogens with one attached hydrogen (secondary N) is 2. The number of amides is 1. The van der Waals surface area contributed by atoms with Gasteiger partial charge in [-0.25, -0.2) is 0 Å². The number of rotatable bonds is 11. The first-order chi connectivity index (χ1) is 12.5. The largest absolute Gasteiger partial charge is 0.357 e. The summed E-state index contributed by atoms with van der Waals surface area (Å²) >= 11 is 0. The van der Waals surface area contributed by atoms with E-state index in [-0.39, 0.29) is 5.91 Å². The summed E-state index contributed by atoms with van der Waals surface area (Å²) in [5, 5.41) is 6.64. The number of nitrogens with zero attached hydrogens (tertiary/aromatic N) is 3. The van der Waals surface area contributed by atoms with E-state index in [1.807, 2.05) is 18.7 Å². The molecular formula is C20H41N5O. The molecule has 1 atom stereocenters. The van der Waals surface area contributed by atoms with Gasteiger partial charge in [0.1, 0.15) is 0 Å². The lowest BCUT2D eigenvalue weighted by molar-refractivity contribution is -0.130. The molecule has 152 valence electrons. The van der Waals surface area contributed by atoms with E-state index in [0.717, 1.165) is 32.1 Å². The van der Waals surface area contributed by atoms with Crippen LogP contribution in [-0.2, 0) is 4.79 Å². The molecule has 1 aliphatic heterocycles. The maximum atomic E-state index is 12.1. The molecule has 6 nitrogen and oxygen atoms in total. The van der Waals surface area contributed by atoms with Crippen LogP contribution >= 0.6 is 0 Å². The van der Waals surface area contributed by atoms with Crippen LogP contribution in [0.3, 0.4) is 0 Å². The number of guanidine groups is 1. The fourth-order valence-electron chi connectivity index (χ4n) is 3.55. The number of likely N-dealkylation sites (tertiary alicyclic amines) is 1. The molecule has 0 aromatic rings. The third-order valence-corrected chi connectivity index (χ3v) is 4.95. The molecule has 2 N–H and O–H groups in total. The van der Waals surface area contributed by atoms with Crippen LogP contribution in [-0.4, -0.2) is 73.5 Å². The first kappa shape index (κ1) is 22.7. The van der Waals surface area contributed by atoms with Crippen LogP contribution < -0.4 is 10.6 Å². The van der Waals surface area contributed by atoms with Gasteiger partial charge in [-0.1, -0.05) is 13.8 Å². The van der Waals surface area contributed by atoms with Gasteiger partial charge in [-0.2, -0.15) is 0 Å². The minimum Gasteiger partial charge on any atom is -0.357 e. The van der Waals surface area contributed by atoms with Crippen LogP contribution in [0.5, 0.6) is 0 Å². The summed E-state index contributed by atoms with van der Waals surface area (Å²) in [5.74, 6) is 1.71. The Hall–Kier alpha value is -1.30. The standard InChI is InChI=1S/C20H41N5O/c1-6-21-20(22-12-11-19(26)24(7-2)8-3)23-16-18(15-17(4)5)25-13-9-10-14-25/h17-18H,6-16H2,1-5H3,(H2,21,22,23). The summed E-state index contributed by atoms with van der Waals surface area (Å²) in [4.78, 5) is 21.4. The summed E-state index contributed by atoms with van der Waals surface area (Å²) in [6.07, 6.45) is 4.31. The van der Waals surface area contributed by atoms with Crippen LogP contribution in [0.25, 0.3) is 0 Å². The fraction of sp³-hybridized carbons (Fsp3) is 0.900. The van der Waals surface area contributed by atoms with Crippen LogP contribution in [0.1, 0.15) is 60.3 Å². The van der Waals surface area contributed by atoms with Crippen molar-refractivity contribution in [1.82, 2.24) is 20.4 Å². The fourth-order valence-corrected chi connectivity index (χ4v) is 3.55. The average molecular weight is 368 g/mol. The predicted octanol–water partition coefficient (Wildman–Crippen LogP) is 2.31. The van der Waals surface area contributed by atoms with E-state index in [4.69, 9.17) is 4.99 Å². The first-order valence-corrected chi connectivity index (χ1v) is 10.6. The van der Waals surface area contributed by atoms with Crippen LogP contribution in [0, 0.1) is 5.92 Å². The Morgan fingerprint density at radius 1 is 1.12 bits per heavy atom. The van der Waals surface area contributed by atoms with E-state index >= 15 is 0 Å². The SMILES string of the molecule is CCNC(=NCC(CC(C)C)N1CCCC1)NCCC(=O)N(CC)CC. The molecule has 0 aliphatic carbocycles. The van der Waals surface area contributed by atoms with Crippen molar-refractivity contribution in [3.8, 4) is 0 Å². The van der Waals surface area contributed by atoms with Gasteiger partial charge >= 0.3 is 0 Å². The van der Waals surface area contributed by atoms with Crippen LogP contribution in [0.4, 0.5) is 0 Å². The average Bonchev–Trinajstić information content (AvgIpc) is 3.13. The molecule has 1 aliphatic rings. The van der Waals surface area contributed by atoms with Gasteiger partial charge in [0, 0.05) is 38.6 Å². The number of carbonyl (C=O) groups is 1. The van der Waals surface area contributed by atoms with Gasteiger partial charge in [0.15, 0.2) is 5.96 Å². The number of hydrogen-bond acceptors (Lipinski definition) is 3. The van der Waals surface area contributed by atoms with Gasteiger partial charge in [-0.3, -0.25) is 14.7 Å². The molecule has 0 aromatic heterocycles.